The van der Waals surface area contributed by atoms with E-state index in [1.54, 1.807) is 0 Å². The Balaban J connectivity index is 2.91. The Morgan fingerprint density at radius 3 is 1.47 bits per heavy atom. The molecule has 0 aliphatic heterocycles. The highest BCUT2D eigenvalue weighted by molar-refractivity contribution is 7.23. The highest BCUT2D eigenvalue weighted by atomic mass is 31.0. The van der Waals surface area contributed by atoms with Crippen LogP contribution in [0.1, 0.15) is 90.4 Å². The van der Waals surface area contributed by atoms with Crippen molar-refractivity contribution in [2.45, 2.75) is 90.4 Å². The Morgan fingerprint density at radius 1 is 0.647 bits per heavy atom. The summed E-state index contributed by atoms with van der Waals surface area (Å²) in [5, 5.41) is 0. The summed E-state index contributed by atoms with van der Waals surface area (Å²) in [5.41, 5.74) is 2.65. The van der Waals surface area contributed by atoms with Crippen LogP contribution in [0.2, 0.25) is 0 Å². The molecule has 0 atom stereocenters. The van der Waals surface area contributed by atoms with Gasteiger partial charge in [0.25, 0.3) is 0 Å². The van der Waals surface area contributed by atoms with Crippen molar-refractivity contribution in [2.75, 3.05) is 0 Å². The maximum atomic E-state index is 3.87. The molecule has 0 rings (SSSR count). The number of rotatable bonds is 12. The van der Waals surface area contributed by atoms with Gasteiger partial charge < -0.3 is 0 Å². The fourth-order valence-corrected chi connectivity index (χ4v) is 2.22. The molecular weight excluding hydrogens is 223 g/mol. The Bertz CT molecular complexity index is 187. The van der Waals surface area contributed by atoms with Crippen molar-refractivity contribution >= 4 is 9.24 Å². The van der Waals surface area contributed by atoms with Crippen LogP contribution < -0.4 is 0 Å². The average Bonchev–Trinajstić information content (AvgIpc) is 2.35. The minimum Gasteiger partial charge on any atom is -0.0979 e. The van der Waals surface area contributed by atoms with Crippen molar-refractivity contribution in [1.82, 2.24) is 0 Å². The molecule has 0 aliphatic rings. The fraction of sp³-hybridized carbons (Fsp3) is 0.875. The largest absolute Gasteiger partial charge is 0.0979 e. The second-order valence-corrected chi connectivity index (χ2v) is 5.15. The quantitative estimate of drug-likeness (QED) is 0.213. The van der Waals surface area contributed by atoms with Crippen LogP contribution in [0.4, 0.5) is 0 Å². The topological polar surface area (TPSA) is 0 Å². The van der Waals surface area contributed by atoms with Crippen LogP contribution in [0.5, 0.6) is 0 Å². The molecule has 17 heavy (non-hydrogen) atoms. The molecule has 0 aliphatic carbocycles. The molecule has 0 unspecified atom stereocenters. The highest BCUT2D eigenvalue weighted by Gasteiger charge is 1.92. The molecular formula is C16H29P. The standard InChI is InChI=1S/C16H29P/c1-2-3-4-5-6-7-8-9-10-11-12-13-14-15-16-17/h2-14H2,1H3. The van der Waals surface area contributed by atoms with Crippen molar-refractivity contribution in [2.24, 2.45) is 0 Å². The van der Waals surface area contributed by atoms with Crippen molar-refractivity contribution in [3.8, 4) is 11.6 Å². The van der Waals surface area contributed by atoms with Crippen LogP contribution in [0.15, 0.2) is 0 Å². The average molecular weight is 252 g/mol. The Kier molecular flexibility index (Phi) is 16.0. The third-order valence-corrected chi connectivity index (χ3v) is 3.39. The maximum absolute atomic E-state index is 3.87. The van der Waals surface area contributed by atoms with Gasteiger partial charge in [-0.05, 0) is 6.42 Å². The first kappa shape index (κ1) is 17.0. The van der Waals surface area contributed by atoms with Crippen molar-refractivity contribution in [1.29, 1.82) is 0 Å². The van der Waals surface area contributed by atoms with Gasteiger partial charge in [0.2, 0.25) is 0 Å². The second kappa shape index (κ2) is 16.0. The predicted molar refractivity (Wildman–Crippen MR) is 80.4 cm³/mol. The van der Waals surface area contributed by atoms with Gasteiger partial charge in [0.05, 0.1) is 9.24 Å². The first-order chi connectivity index (χ1) is 8.41. The summed E-state index contributed by atoms with van der Waals surface area (Å²) in [5.74, 6) is 3.00. The molecule has 0 aromatic rings. The number of unbranched alkanes of at least 4 members (excludes halogenated alkanes) is 12. The third-order valence-electron chi connectivity index (χ3n) is 3.23. The first-order valence-electron chi connectivity index (χ1n) is 7.53. The van der Waals surface area contributed by atoms with Crippen LogP contribution in [0, 0.1) is 11.6 Å². The minimum absolute atomic E-state index is 1.03. The molecule has 1 heteroatoms. The zero-order valence-electron chi connectivity index (χ0n) is 11.6. The van der Waals surface area contributed by atoms with Crippen LogP contribution >= 0.6 is 9.24 Å². The highest BCUT2D eigenvalue weighted by Crippen LogP contribution is 2.12. The summed E-state index contributed by atoms with van der Waals surface area (Å²) in [4.78, 5) is 0. The predicted octanol–water partition coefficient (Wildman–Crippen LogP) is 6.45. The lowest BCUT2D eigenvalue weighted by atomic mass is 10.0. The molecule has 0 saturated carbocycles. The van der Waals surface area contributed by atoms with Crippen LogP contribution in [-0.4, -0.2) is 0 Å². The van der Waals surface area contributed by atoms with Gasteiger partial charge in [0.15, 0.2) is 0 Å². The van der Waals surface area contributed by atoms with E-state index in [1.165, 1.54) is 77.0 Å². The molecule has 2 radical (unpaired) electrons. The molecule has 0 fully saturated rings. The Morgan fingerprint density at radius 2 is 1.06 bits per heavy atom. The molecule has 0 bridgehead atoms. The molecule has 0 saturated heterocycles. The van der Waals surface area contributed by atoms with Crippen LogP contribution in [0.3, 0.4) is 0 Å². The molecule has 0 nitrogen and oxygen atoms in total. The van der Waals surface area contributed by atoms with Gasteiger partial charge in [0.1, 0.15) is 0 Å². The molecule has 0 spiro atoms. The van der Waals surface area contributed by atoms with E-state index in [-0.39, 0.29) is 0 Å². The summed E-state index contributed by atoms with van der Waals surface area (Å²) in [6, 6.07) is 0. The lowest BCUT2D eigenvalue weighted by molar-refractivity contribution is 0.545. The zero-order valence-corrected chi connectivity index (χ0v) is 12.5. The molecule has 0 aromatic heterocycles. The smallest absolute Gasteiger partial charge is 0.0586 e. The van der Waals surface area contributed by atoms with Crippen LogP contribution in [-0.2, 0) is 0 Å². The number of hydrogen-bond acceptors (Lipinski definition) is 0. The van der Waals surface area contributed by atoms with E-state index in [4.69, 9.17) is 0 Å². The van der Waals surface area contributed by atoms with Crippen LogP contribution in [0.25, 0.3) is 0 Å². The molecule has 0 heterocycles. The third kappa shape index (κ3) is 16.0. The molecule has 0 aromatic carbocycles. The van der Waals surface area contributed by atoms with E-state index in [0.717, 1.165) is 6.42 Å². The van der Waals surface area contributed by atoms with Gasteiger partial charge >= 0.3 is 0 Å². The van der Waals surface area contributed by atoms with Crippen molar-refractivity contribution in [3.63, 3.8) is 0 Å². The SMILES string of the molecule is CCCCCCCCCCCCCCC#C[P]. The maximum Gasteiger partial charge on any atom is 0.0586 e. The summed E-state index contributed by atoms with van der Waals surface area (Å²) in [6.07, 6.45) is 17.9. The van der Waals surface area contributed by atoms with Crippen molar-refractivity contribution in [3.05, 3.63) is 0 Å². The Labute approximate surface area is 112 Å². The van der Waals surface area contributed by atoms with Gasteiger partial charge in [-0.25, -0.2) is 0 Å². The summed E-state index contributed by atoms with van der Waals surface area (Å²) in [7, 11) is 3.87. The monoisotopic (exact) mass is 252 g/mol. The normalized spacial score (nSPS) is 10.0. The first-order valence-corrected chi connectivity index (χ1v) is 7.98. The van der Waals surface area contributed by atoms with E-state index in [0.29, 0.717) is 0 Å². The van der Waals surface area contributed by atoms with Gasteiger partial charge in [-0.1, -0.05) is 89.1 Å². The van der Waals surface area contributed by atoms with Gasteiger partial charge in [-0.3, -0.25) is 0 Å². The van der Waals surface area contributed by atoms with E-state index < -0.39 is 0 Å². The second-order valence-electron chi connectivity index (χ2n) is 4.93. The van der Waals surface area contributed by atoms with E-state index in [1.807, 2.05) is 0 Å². The summed E-state index contributed by atoms with van der Waals surface area (Å²) < 4.78 is 0. The van der Waals surface area contributed by atoms with E-state index in [2.05, 4.69) is 27.7 Å². The van der Waals surface area contributed by atoms with E-state index in [9.17, 15) is 0 Å². The molecule has 0 N–H and O–H groups in total. The van der Waals surface area contributed by atoms with Gasteiger partial charge in [0, 0.05) is 6.42 Å². The molecule has 98 valence electrons. The number of hydrogen-bond donors (Lipinski definition) is 0. The Hall–Kier alpha value is -0.0100. The zero-order chi connectivity index (χ0) is 12.6. The van der Waals surface area contributed by atoms with Gasteiger partial charge in [-0.2, -0.15) is 0 Å². The lowest BCUT2D eigenvalue weighted by Crippen LogP contribution is -1.82. The summed E-state index contributed by atoms with van der Waals surface area (Å²) >= 11 is 0. The molecule has 0 amide bonds. The van der Waals surface area contributed by atoms with Crippen molar-refractivity contribution < 1.29 is 0 Å². The fourth-order valence-electron chi connectivity index (χ4n) is 2.11. The van der Waals surface area contributed by atoms with E-state index >= 15 is 0 Å². The summed E-state index contributed by atoms with van der Waals surface area (Å²) in [6.45, 7) is 2.28. The lowest BCUT2D eigenvalue weighted by Gasteiger charge is -2.01. The van der Waals surface area contributed by atoms with Gasteiger partial charge in [-0.15, -0.1) is 0 Å². The minimum atomic E-state index is 1.03.